The van der Waals surface area contributed by atoms with Crippen LogP contribution in [0.25, 0.3) is 0 Å². The maximum absolute atomic E-state index is 12.8. The van der Waals surface area contributed by atoms with E-state index in [9.17, 15) is 4.79 Å². The van der Waals surface area contributed by atoms with Gasteiger partial charge in [0.05, 0.1) is 0 Å². The minimum Gasteiger partial charge on any atom is -0.361 e. The largest absolute Gasteiger partial charge is 0.361 e. The third-order valence-electron chi connectivity index (χ3n) is 4.98. The van der Waals surface area contributed by atoms with Crippen LogP contribution in [0.4, 0.5) is 5.69 Å². The summed E-state index contributed by atoms with van der Waals surface area (Å²) in [6.07, 6.45) is 3.66. The first-order valence-corrected chi connectivity index (χ1v) is 9.20. The van der Waals surface area contributed by atoms with E-state index in [1.54, 1.807) is 0 Å². The van der Waals surface area contributed by atoms with E-state index in [0.29, 0.717) is 11.8 Å². The van der Waals surface area contributed by atoms with E-state index in [1.165, 1.54) is 11.1 Å². The number of aryl methyl sites for hydroxylation is 1. The zero-order chi connectivity index (χ0) is 18.0. The zero-order valence-electron chi connectivity index (χ0n) is 15.6. The molecule has 0 amide bonds. The molecule has 0 fully saturated rings. The molecule has 0 unspecified atom stereocenters. The predicted molar refractivity (Wildman–Crippen MR) is 105 cm³/mol. The number of nitrogens with one attached hydrogen (secondary N) is 1. The third-order valence-corrected chi connectivity index (χ3v) is 4.98. The number of ketones is 1. The molecule has 3 rings (SSSR count). The van der Waals surface area contributed by atoms with E-state index >= 15 is 0 Å². The highest BCUT2D eigenvalue weighted by molar-refractivity contribution is 6.10. The smallest absolute Gasteiger partial charge is 0.190 e. The fourth-order valence-corrected chi connectivity index (χ4v) is 3.53. The van der Waals surface area contributed by atoms with Gasteiger partial charge in [-0.05, 0) is 41.4 Å². The van der Waals surface area contributed by atoms with E-state index in [0.717, 1.165) is 35.2 Å². The summed E-state index contributed by atoms with van der Waals surface area (Å²) in [6, 6.07) is 14.4. The maximum atomic E-state index is 12.8. The van der Waals surface area contributed by atoms with E-state index < -0.39 is 0 Å². The van der Waals surface area contributed by atoms with Gasteiger partial charge in [-0.1, -0.05) is 70.2 Å². The topological polar surface area (TPSA) is 29.1 Å². The Labute approximate surface area is 151 Å². The number of rotatable bonds is 4. The lowest BCUT2D eigenvalue weighted by Crippen LogP contribution is -2.15. The highest BCUT2D eigenvalue weighted by atomic mass is 16.1. The number of hydrogen-bond acceptors (Lipinski definition) is 2. The number of allylic oxidation sites excluding steroid dienone is 1. The quantitative estimate of drug-likeness (QED) is 0.689. The molecule has 0 radical (unpaired) electrons. The van der Waals surface area contributed by atoms with Crippen molar-refractivity contribution in [3.05, 3.63) is 76.5 Å². The Balaban J connectivity index is 1.94. The van der Waals surface area contributed by atoms with Gasteiger partial charge in [-0.15, -0.1) is 0 Å². The molecule has 1 aliphatic rings. The summed E-state index contributed by atoms with van der Waals surface area (Å²) < 4.78 is 0. The Kier molecular flexibility index (Phi) is 5.08. The number of fused-ring (bicyclic) bond motifs is 1. The number of anilines is 1. The molecule has 0 bridgehead atoms. The predicted octanol–water partition coefficient (Wildman–Crippen LogP) is 6.06. The van der Waals surface area contributed by atoms with Crippen molar-refractivity contribution in [2.45, 2.75) is 52.4 Å². The van der Waals surface area contributed by atoms with E-state index in [4.69, 9.17) is 0 Å². The van der Waals surface area contributed by atoms with E-state index in [2.05, 4.69) is 57.3 Å². The Hall–Kier alpha value is -2.35. The second-order valence-corrected chi connectivity index (χ2v) is 7.42. The summed E-state index contributed by atoms with van der Waals surface area (Å²) in [5.41, 5.74) is 6.63. The van der Waals surface area contributed by atoms with Crippen LogP contribution in [0.15, 0.2) is 54.2 Å². The van der Waals surface area contributed by atoms with Crippen molar-refractivity contribution in [2.24, 2.45) is 0 Å². The van der Waals surface area contributed by atoms with Crippen molar-refractivity contribution in [3.63, 3.8) is 0 Å². The molecule has 0 aliphatic heterocycles. The Morgan fingerprint density at radius 1 is 0.880 bits per heavy atom. The molecule has 25 heavy (non-hydrogen) atoms. The molecule has 1 N–H and O–H groups in total. The molecule has 0 aromatic heterocycles. The number of para-hydroxylation sites is 1. The lowest BCUT2D eigenvalue weighted by Gasteiger charge is -2.21. The van der Waals surface area contributed by atoms with Gasteiger partial charge in [0.25, 0.3) is 0 Å². The first kappa shape index (κ1) is 17.5. The second-order valence-electron chi connectivity index (χ2n) is 7.42. The average Bonchev–Trinajstić information content (AvgIpc) is 2.61. The van der Waals surface area contributed by atoms with Gasteiger partial charge in [0, 0.05) is 23.0 Å². The van der Waals surface area contributed by atoms with Gasteiger partial charge in [-0.25, -0.2) is 0 Å². The van der Waals surface area contributed by atoms with Crippen molar-refractivity contribution in [1.82, 2.24) is 0 Å². The highest BCUT2D eigenvalue weighted by Crippen LogP contribution is 2.33. The standard InChI is InChI=1S/C23H27NO/c1-15(2)19-10-7-11-20(16(3)4)22(19)24-14-18-13-12-17-8-5-6-9-21(17)23(18)25/h5-11,14-16,24H,12-13H2,1-4H3/b18-14+. The van der Waals surface area contributed by atoms with Gasteiger partial charge in [0.1, 0.15) is 0 Å². The molecule has 1 aliphatic carbocycles. The van der Waals surface area contributed by atoms with Crippen LogP contribution in [0, 0.1) is 0 Å². The minimum atomic E-state index is 0.155. The number of Topliss-reactive ketones (excluding diaryl/α,β-unsaturated/α-hetero) is 1. The van der Waals surface area contributed by atoms with E-state index in [1.807, 2.05) is 24.4 Å². The van der Waals surface area contributed by atoms with Crippen LogP contribution in [-0.4, -0.2) is 5.78 Å². The first-order chi connectivity index (χ1) is 12.0. The number of hydrogen-bond donors (Lipinski definition) is 1. The van der Waals surface area contributed by atoms with E-state index in [-0.39, 0.29) is 5.78 Å². The fraction of sp³-hybridized carbons (Fsp3) is 0.348. The third kappa shape index (κ3) is 3.53. The van der Waals surface area contributed by atoms with Crippen molar-refractivity contribution >= 4 is 11.5 Å². The number of carbonyl (C=O) groups excluding carboxylic acids is 1. The monoisotopic (exact) mass is 333 g/mol. The van der Waals surface area contributed by atoms with Crippen molar-refractivity contribution in [3.8, 4) is 0 Å². The molecule has 2 aromatic rings. The van der Waals surface area contributed by atoms with Crippen molar-refractivity contribution in [1.29, 1.82) is 0 Å². The molecule has 0 atom stereocenters. The van der Waals surface area contributed by atoms with Crippen LogP contribution >= 0.6 is 0 Å². The molecule has 130 valence electrons. The van der Waals surface area contributed by atoms with Gasteiger partial charge in [-0.2, -0.15) is 0 Å². The minimum absolute atomic E-state index is 0.155. The van der Waals surface area contributed by atoms with Crippen LogP contribution in [0.3, 0.4) is 0 Å². The summed E-state index contributed by atoms with van der Waals surface area (Å²) in [4.78, 5) is 12.8. The van der Waals surface area contributed by atoms with Gasteiger partial charge in [0.15, 0.2) is 5.78 Å². The molecular weight excluding hydrogens is 306 g/mol. The molecule has 0 spiro atoms. The SMILES string of the molecule is CC(C)c1cccc(C(C)C)c1N/C=C1\CCc2ccccc2C1=O. The molecule has 2 nitrogen and oxygen atoms in total. The lowest BCUT2D eigenvalue weighted by molar-refractivity contribution is 0.102. The van der Waals surface area contributed by atoms with Gasteiger partial charge < -0.3 is 5.32 Å². The zero-order valence-corrected chi connectivity index (χ0v) is 15.6. The first-order valence-electron chi connectivity index (χ1n) is 9.20. The molecule has 0 saturated heterocycles. The molecule has 2 heteroatoms. The van der Waals surface area contributed by atoms with Crippen LogP contribution in [0.1, 0.15) is 73.0 Å². The van der Waals surface area contributed by atoms with Gasteiger partial charge in [-0.3, -0.25) is 4.79 Å². The Bertz CT molecular complexity index is 788. The van der Waals surface area contributed by atoms with Crippen LogP contribution in [0.5, 0.6) is 0 Å². The van der Waals surface area contributed by atoms with Crippen LogP contribution in [0.2, 0.25) is 0 Å². The second kappa shape index (κ2) is 7.26. The molecule has 2 aromatic carbocycles. The van der Waals surface area contributed by atoms with Gasteiger partial charge >= 0.3 is 0 Å². The average molecular weight is 333 g/mol. The van der Waals surface area contributed by atoms with Crippen molar-refractivity contribution < 1.29 is 4.79 Å². The summed E-state index contributed by atoms with van der Waals surface area (Å²) in [6.45, 7) is 8.83. The Morgan fingerprint density at radius 3 is 2.16 bits per heavy atom. The summed E-state index contributed by atoms with van der Waals surface area (Å²) in [5.74, 6) is 1.02. The van der Waals surface area contributed by atoms with Gasteiger partial charge in [0.2, 0.25) is 0 Å². The molecular formula is C23H27NO. The summed E-state index contributed by atoms with van der Waals surface area (Å²) in [5, 5.41) is 3.49. The maximum Gasteiger partial charge on any atom is 0.190 e. The Morgan fingerprint density at radius 2 is 1.52 bits per heavy atom. The summed E-state index contributed by atoms with van der Waals surface area (Å²) >= 11 is 0. The fourth-order valence-electron chi connectivity index (χ4n) is 3.53. The highest BCUT2D eigenvalue weighted by Gasteiger charge is 2.21. The molecule has 0 saturated carbocycles. The van der Waals surface area contributed by atoms with Crippen LogP contribution < -0.4 is 5.32 Å². The normalized spacial score (nSPS) is 15.8. The van der Waals surface area contributed by atoms with Crippen molar-refractivity contribution in [2.75, 3.05) is 5.32 Å². The van der Waals surface area contributed by atoms with Crippen LogP contribution in [-0.2, 0) is 6.42 Å². The number of benzene rings is 2. The lowest BCUT2D eigenvalue weighted by atomic mass is 9.87. The summed E-state index contributed by atoms with van der Waals surface area (Å²) in [7, 11) is 0. The number of carbonyl (C=O) groups is 1. The molecule has 0 heterocycles.